The fourth-order valence-electron chi connectivity index (χ4n) is 2.56. The van der Waals surface area contributed by atoms with Crippen LogP contribution in [0.2, 0.25) is 0 Å². The minimum Gasteiger partial charge on any atom is -0.546 e. The minimum atomic E-state index is -1.40. The zero-order chi connectivity index (χ0) is 18.0. The van der Waals surface area contributed by atoms with E-state index < -0.39 is 17.5 Å². The van der Waals surface area contributed by atoms with Gasteiger partial charge in [0.2, 0.25) is 11.2 Å². The molecular weight excluding hydrogens is 320 g/mol. The Labute approximate surface area is 144 Å². The maximum Gasteiger partial charge on any atom is 0.235 e. The second-order valence-electron chi connectivity index (χ2n) is 5.72. The third-order valence-corrected chi connectivity index (χ3v) is 3.98. The predicted octanol–water partition coefficient (Wildman–Crippen LogP) is 2.54. The zero-order valence-corrected chi connectivity index (χ0v) is 13.9. The van der Waals surface area contributed by atoms with E-state index in [9.17, 15) is 14.7 Å². The highest BCUT2D eigenvalue weighted by Gasteiger charge is 2.20. The van der Waals surface area contributed by atoms with Gasteiger partial charge in [0.05, 0.1) is 11.4 Å². The maximum absolute atomic E-state index is 13.0. The summed E-state index contributed by atoms with van der Waals surface area (Å²) in [6.45, 7) is 3.30. The van der Waals surface area contributed by atoms with Crippen LogP contribution in [-0.2, 0) is 11.2 Å². The van der Waals surface area contributed by atoms with E-state index in [1.165, 1.54) is 6.92 Å². The number of hydrogen-bond donors (Lipinski definition) is 0. The van der Waals surface area contributed by atoms with Crippen molar-refractivity contribution in [3.8, 4) is 17.1 Å². The Kier molecular flexibility index (Phi) is 4.57. The van der Waals surface area contributed by atoms with Gasteiger partial charge in [-0.05, 0) is 31.0 Å². The molecule has 0 bridgehead atoms. The highest BCUT2D eigenvalue weighted by Crippen LogP contribution is 2.31. The molecule has 1 unspecified atom stereocenters. The molecule has 1 aromatic heterocycles. The molecule has 128 valence electrons. The average Bonchev–Trinajstić information content (AvgIpc) is 2.64. The molecule has 3 aromatic rings. The van der Waals surface area contributed by atoms with Crippen molar-refractivity contribution in [2.24, 2.45) is 0 Å². The highest BCUT2D eigenvalue weighted by atomic mass is 16.5. The first kappa shape index (κ1) is 16.8. The molecule has 1 heterocycles. The maximum atomic E-state index is 13.0. The van der Waals surface area contributed by atoms with Gasteiger partial charge in [-0.2, -0.15) is 0 Å². The minimum absolute atomic E-state index is 0.122. The number of fused-ring (bicyclic) bond motifs is 1. The number of carboxylic acids is 1. The van der Waals surface area contributed by atoms with Gasteiger partial charge < -0.3 is 19.1 Å². The summed E-state index contributed by atoms with van der Waals surface area (Å²) in [5.41, 5.74) is 1.63. The van der Waals surface area contributed by atoms with E-state index in [1.54, 1.807) is 36.4 Å². The summed E-state index contributed by atoms with van der Waals surface area (Å²) in [7, 11) is 0. The average molecular weight is 337 g/mol. The van der Waals surface area contributed by atoms with Crippen molar-refractivity contribution in [2.45, 2.75) is 26.4 Å². The van der Waals surface area contributed by atoms with E-state index in [0.29, 0.717) is 16.5 Å². The van der Waals surface area contributed by atoms with Crippen LogP contribution in [0.4, 0.5) is 0 Å². The molecule has 0 amide bonds. The van der Waals surface area contributed by atoms with E-state index in [-0.39, 0.29) is 11.5 Å². The highest BCUT2D eigenvalue weighted by molar-refractivity contribution is 5.83. The summed E-state index contributed by atoms with van der Waals surface area (Å²) in [5.74, 6) is -1.32. The van der Waals surface area contributed by atoms with Gasteiger partial charge in [0.15, 0.2) is 5.76 Å². The number of aryl methyl sites for hydroxylation is 1. The van der Waals surface area contributed by atoms with Crippen molar-refractivity contribution in [3.63, 3.8) is 0 Å². The van der Waals surface area contributed by atoms with E-state index in [0.717, 1.165) is 12.0 Å². The Morgan fingerprint density at radius 2 is 1.92 bits per heavy atom. The van der Waals surface area contributed by atoms with E-state index in [2.05, 4.69) is 0 Å². The van der Waals surface area contributed by atoms with Crippen LogP contribution in [0.3, 0.4) is 0 Å². The lowest BCUT2D eigenvalue weighted by Gasteiger charge is -2.17. The van der Waals surface area contributed by atoms with Crippen molar-refractivity contribution >= 4 is 16.9 Å². The van der Waals surface area contributed by atoms with Gasteiger partial charge in [0, 0.05) is 5.56 Å². The van der Waals surface area contributed by atoms with Crippen LogP contribution in [0, 0.1) is 0 Å². The number of carbonyl (C=O) groups is 1. The molecule has 0 aliphatic heterocycles. The molecule has 25 heavy (non-hydrogen) atoms. The molecule has 0 saturated heterocycles. The molecular formula is C20H17O5-. The van der Waals surface area contributed by atoms with Gasteiger partial charge in [-0.15, -0.1) is 0 Å². The largest absolute Gasteiger partial charge is 0.546 e. The summed E-state index contributed by atoms with van der Waals surface area (Å²) in [6.07, 6.45) is -0.515. The van der Waals surface area contributed by atoms with Gasteiger partial charge in [-0.3, -0.25) is 4.79 Å². The van der Waals surface area contributed by atoms with Crippen molar-refractivity contribution in [1.29, 1.82) is 0 Å². The number of carbonyl (C=O) groups excluding carboxylic acids is 1. The summed E-state index contributed by atoms with van der Waals surface area (Å²) >= 11 is 0. The van der Waals surface area contributed by atoms with Crippen molar-refractivity contribution in [1.82, 2.24) is 0 Å². The van der Waals surface area contributed by atoms with E-state index in [1.807, 2.05) is 19.1 Å². The molecule has 5 heteroatoms. The summed E-state index contributed by atoms with van der Waals surface area (Å²) in [6, 6.07) is 14.3. The molecule has 0 saturated carbocycles. The Bertz CT molecular complexity index is 973. The Morgan fingerprint density at radius 1 is 1.20 bits per heavy atom. The SMILES string of the molecule is CCc1ccc2oc(-c3ccccc3)c(OC(C)C(=O)[O-])c(=O)c2c1. The number of carboxylic acid groups (broad SMARTS) is 1. The van der Waals surface area contributed by atoms with Crippen LogP contribution in [0.15, 0.2) is 57.7 Å². The summed E-state index contributed by atoms with van der Waals surface area (Å²) < 4.78 is 11.3. The fraction of sp³-hybridized carbons (Fsp3) is 0.200. The van der Waals surface area contributed by atoms with Crippen LogP contribution in [0.25, 0.3) is 22.3 Å². The lowest BCUT2D eigenvalue weighted by Crippen LogP contribution is -2.38. The first-order valence-electron chi connectivity index (χ1n) is 8.04. The first-order chi connectivity index (χ1) is 12.0. The molecule has 0 spiro atoms. The zero-order valence-electron chi connectivity index (χ0n) is 13.9. The number of ether oxygens (including phenoxy) is 1. The summed E-state index contributed by atoms with van der Waals surface area (Å²) in [5, 5.41) is 11.4. The number of benzene rings is 2. The Hall–Kier alpha value is -3.08. The molecule has 0 N–H and O–H groups in total. The van der Waals surface area contributed by atoms with Gasteiger partial charge >= 0.3 is 0 Å². The second-order valence-corrected chi connectivity index (χ2v) is 5.72. The van der Waals surface area contributed by atoms with E-state index in [4.69, 9.17) is 9.15 Å². The van der Waals surface area contributed by atoms with Gasteiger partial charge in [0.1, 0.15) is 11.7 Å². The molecule has 0 fully saturated rings. The monoisotopic (exact) mass is 337 g/mol. The molecule has 0 aliphatic rings. The van der Waals surface area contributed by atoms with Crippen LogP contribution in [0.5, 0.6) is 5.75 Å². The van der Waals surface area contributed by atoms with Crippen LogP contribution < -0.4 is 15.3 Å². The number of rotatable bonds is 5. The third kappa shape index (κ3) is 3.26. The van der Waals surface area contributed by atoms with E-state index >= 15 is 0 Å². The molecule has 2 aromatic carbocycles. The smallest absolute Gasteiger partial charge is 0.235 e. The third-order valence-electron chi connectivity index (χ3n) is 3.98. The lowest BCUT2D eigenvalue weighted by atomic mass is 10.1. The van der Waals surface area contributed by atoms with Crippen molar-refractivity contribution in [3.05, 3.63) is 64.3 Å². The molecule has 1 atom stereocenters. The van der Waals surface area contributed by atoms with Gasteiger partial charge in [-0.1, -0.05) is 43.3 Å². The Balaban J connectivity index is 2.28. The fourth-order valence-corrected chi connectivity index (χ4v) is 2.56. The van der Waals surface area contributed by atoms with Crippen LogP contribution >= 0.6 is 0 Å². The predicted molar refractivity (Wildman–Crippen MR) is 92.4 cm³/mol. The Morgan fingerprint density at radius 3 is 2.56 bits per heavy atom. The standard InChI is InChI=1S/C20H18O5/c1-3-13-9-10-16-15(11-13)17(21)19(24-12(2)20(22)23)18(25-16)14-7-5-4-6-8-14/h4-12H,3H2,1-2H3,(H,22,23)/p-1. The second kappa shape index (κ2) is 6.81. The molecule has 3 rings (SSSR count). The normalized spacial score (nSPS) is 12.1. The molecule has 0 radical (unpaired) electrons. The number of hydrogen-bond acceptors (Lipinski definition) is 5. The first-order valence-corrected chi connectivity index (χ1v) is 8.04. The van der Waals surface area contributed by atoms with Gasteiger partial charge in [0.25, 0.3) is 0 Å². The van der Waals surface area contributed by atoms with Crippen molar-refractivity contribution < 1.29 is 19.1 Å². The topological polar surface area (TPSA) is 79.6 Å². The van der Waals surface area contributed by atoms with Crippen molar-refractivity contribution in [2.75, 3.05) is 0 Å². The number of aliphatic carboxylic acids is 1. The van der Waals surface area contributed by atoms with Gasteiger partial charge in [-0.25, -0.2) is 0 Å². The van der Waals surface area contributed by atoms with Crippen LogP contribution in [-0.4, -0.2) is 12.1 Å². The van der Waals surface area contributed by atoms with Crippen LogP contribution in [0.1, 0.15) is 19.4 Å². The molecule has 5 nitrogen and oxygen atoms in total. The summed E-state index contributed by atoms with van der Waals surface area (Å²) in [4.78, 5) is 24.0. The lowest BCUT2D eigenvalue weighted by molar-refractivity contribution is -0.312. The molecule has 0 aliphatic carbocycles. The quantitative estimate of drug-likeness (QED) is 0.715.